The third kappa shape index (κ3) is 6.46. The quantitative estimate of drug-likeness (QED) is 0.743. The van der Waals surface area contributed by atoms with Crippen LogP contribution in [0, 0.1) is 17.6 Å². The second-order valence-corrected chi connectivity index (χ2v) is 8.33. The molecule has 1 heterocycles. The van der Waals surface area contributed by atoms with E-state index in [1.54, 1.807) is 25.7 Å². The van der Waals surface area contributed by atoms with E-state index in [-0.39, 0.29) is 24.6 Å². The van der Waals surface area contributed by atoms with Gasteiger partial charge in [0.25, 0.3) is 0 Å². The van der Waals surface area contributed by atoms with Crippen molar-refractivity contribution in [1.82, 2.24) is 9.80 Å². The number of ether oxygens (including phenoxy) is 1. The lowest BCUT2D eigenvalue weighted by Gasteiger charge is -2.34. The molecule has 2 rings (SSSR count). The van der Waals surface area contributed by atoms with Gasteiger partial charge < -0.3 is 9.64 Å². The molecular weight excluding hydrogens is 366 g/mol. The van der Waals surface area contributed by atoms with Crippen LogP contribution in [0.1, 0.15) is 52.5 Å². The lowest BCUT2D eigenvalue weighted by molar-refractivity contribution is -0.134. The van der Waals surface area contributed by atoms with Gasteiger partial charge in [-0.1, -0.05) is 19.4 Å². The number of hydrogen-bond donors (Lipinski definition) is 0. The van der Waals surface area contributed by atoms with Crippen molar-refractivity contribution in [3.05, 3.63) is 35.4 Å². The molecule has 0 radical (unpaired) electrons. The highest BCUT2D eigenvalue weighted by atomic mass is 19.1. The van der Waals surface area contributed by atoms with Crippen molar-refractivity contribution in [2.24, 2.45) is 5.92 Å². The van der Waals surface area contributed by atoms with Gasteiger partial charge in [-0.05, 0) is 45.6 Å². The zero-order valence-electron chi connectivity index (χ0n) is 17.1. The molecule has 0 bridgehead atoms. The normalized spacial score (nSPS) is 17.4. The van der Waals surface area contributed by atoms with Crippen molar-refractivity contribution < 1.29 is 23.1 Å². The van der Waals surface area contributed by atoms with Gasteiger partial charge in [-0.3, -0.25) is 9.69 Å². The molecule has 1 saturated heterocycles. The van der Waals surface area contributed by atoms with Gasteiger partial charge in [-0.15, -0.1) is 0 Å². The third-order valence-corrected chi connectivity index (χ3v) is 4.80. The van der Waals surface area contributed by atoms with Gasteiger partial charge in [-0.25, -0.2) is 13.6 Å². The largest absolute Gasteiger partial charge is 0.444 e. The molecule has 0 spiro atoms. The molecule has 1 aromatic carbocycles. The highest BCUT2D eigenvalue weighted by Gasteiger charge is 2.29. The van der Waals surface area contributed by atoms with E-state index in [0.29, 0.717) is 19.0 Å². The van der Waals surface area contributed by atoms with E-state index < -0.39 is 23.3 Å². The Kier molecular flexibility index (Phi) is 7.38. The SMILES string of the molecule is CCC1CCCN(C(=O)CN(Cc2ccc(F)cc2F)C(=O)OC(C)(C)C)C1. The fourth-order valence-electron chi connectivity index (χ4n) is 3.26. The van der Waals surface area contributed by atoms with Crippen LogP contribution in [0.2, 0.25) is 0 Å². The van der Waals surface area contributed by atoms with Gasteiger partial charge in [0.1, 0.15) is 23.8 Å². The first-order valence-electron chi connectivity index (χ1n) is 9.78. The maximum absolute atomic E-state index is 14.1. The summed E-state index contributed by atoms with van der Waals surface area (Å²) in [5.74, 6) is -1.18. The highest BCUT2D eigenvalue weighted by Crippen LogP contribution is 2.20. The van der Waals surface area contributed by atoms with Crippen molar-refractivity contribution in [2.45, 2.75) is 59.1 Å². The lowest BCUT2D eigenvalue weighted by Crippen LogP contribution is -2.47. The minimum atomic E-state index is -0.759. The summed E-state index contributed by atoms with van der Waals surface area (Å²) in [4.78, 5) is 28.3. The predicted octanol–water partition coefficient (Wildman–Crippen LogP) is 4.35. The average Bonchev–Trinajstić information content (AvgIpc) is 2.61. The number of carbonyl (C=O) groups is 2. The Balaban J connectivity index is 2.15. The Labute approximate surface area is 165 Å². The fourth-order valence-corrected chi connectivity index (χ4v) is 3.26. The van der Waals surface area contributed by atoms with Gasteiger partial charge in [-0.2, -0.15) is 0 Å². The van der Waals surface area contributed by atoms with Crippen molar-refractivity contribution in [2.75, 3.05) is 19.6 Å². The number of carbonyl (C=O) groups excluding carboxylic acids is 2. The summed E-state index contributed by atoms with van der Waals surface area (Å²) in [5, 5.41) is 0. The number of halogens is 2. The van der Waals surface area contributed by atoms with Crippen LogP contribution in [0.5, 0.6) is 0 Å². The summed E-state index contributed by atoms with van der Waals surface area (Å²) in [5.41, 5.74) is -0.622. The number of rotatable bonds is 5. The van der Waals surface area contributed by atoms with Crippen molar-refractivity contribution in [1.29, 1.82) is 0 Å². The predicted molar refractivity (Wildman–Crippen MR) is 103 cm³/mol. The third-order valence-electron chi connectivity index (χ3n) is 4.80. The van der Waals surface area contributed by atoms with Crippen LogP contribution in [-0.2, 0) is 16.1 Å². The second-order valence-electron chi connectivity index (χ2n) is 8.33. The smallest absolute Gasteiger partial charge is 0.411 e. The topological polar surface area (TPSA) is 49.9 Å². The Hall–Kier alpha value is -2.18. The molecule has 7 heteroatoms. The Morgan fingerprint density at radius 2 is 2.00 bits per heavy atom. The number of likely N-dealkylation sites (tertiary alicyclic amines) is 1. The van der Waals surface area contributed by atoms with Gasteiger partial charge in [0.05, 0.1) is 6.54 Å². The first-order valence-corrected chi connectivity index (χ1v) is 9.78. The average molecular weight is 396 g/mol. The second kappa shape index (κ2) is 9.34. The zero-order valence-corrected chi connectivity index (χ0v) is 17.1. The van der Waals surface area contributed by atoms with E-state index >= 15 is 0 Å². The fraction of sp³-hybridized carbons (Fsp3) is 0.619. The number of amides is 2. The molecule has 1 atom stereocenters. The van der Waals surface area contributed by atoms with Crippen LogP contribution >= 0.6 is 0 Å². The monoisotopic (exact) mass is 396 g/mol. The molecule has 0 saturated carbocycles. The zero-order chi connectivity index (χ0) is 20.9. The molecule has 28 heavy (non-hydrogen) atoms. The van der Waals surface area contributed by atoms with Gasteiger partial charge in [0, 0.05) is 24.7 Å². The van der Waals surface area contributed by atoms with E-state index in [4.69, 9.17) is 4.74 Å². The molecular formula is C21H30F2N2O3. The van der Waals surface area contributed by atoms with E-state index in [9.17, 15) is 18.4 Å². The molecule has 1 aromatic rings. The van der Waals surface area contributed by atoms with Gasteiger partial charge in [0.2, 0.25) is 5.91 Å². The Morgan fingerprint density at radius 1 is 1.29 bits per heavy atom. The number of hydrogen-bond acceptors (Lipinski definition) is 3. The van der Waals surface area contributed by atoms with Crippen molar-refractivity contribution in [3.8, 4) is 0 Å². The summed E-state index contributed by atoms with van der Waals surface area (Å²) >= 11 is 0. The van der Waals surface area contributed by atoms with Crippen molar-refractivity contribution in [3.63, 3.8) is 0 Å². The molecule has 1 fully saturated rings. The van der Waals surface area contributed by atoms with Crippen LogP contribution in [0.4, 0.5) is 13.6 Å². The summed E-state index contributed by atoms with van der Waals surface area (Å²) in [6.45, 7) is 8.22. The molecule has 0 aromatic heterocycles. The molecule has 156 valence electrons. The number of piperidine rings is 1. The number of nitrogens with zero attached hydrogens (tertiary/aromatic N) is 2. The van der Waals surface area contributed by atoms with Crippen LogP contribution in [0.25, 0.3) is 0 Å². The minimum Gasteiger partial charge on any atom is -0.444 e. The van der Waals surface area contributed by atoms with Gasteiger partial charge in [0.15, 0.2) is 0 Å². The number of benzene rings is 1. The first-order chi connectivity index (χ1) is 13.1. The van der Waals surface area contributed by atoms with E-state index in [2.05, 4.69) is 6.92 Å². The Bertz CT molecular complexity index is 703. The molecule has 1 unspecified atom stereocenters. The maximum Gasteiger partial charge on any atom is 0.411 e. The molecule has 1 aliphatic rings. The summed E-state index contributed by atoms with van der Waals surface area (Å²) < 4.78 is 32.7. The van der Waals surface area contributed by atoms with Crippen LogP contribution in [0.3, 0.4) is 0 Å². The molecule has 5 nitrogen and oxygen atoms in total. The summed E-state index contributed by atoms with van der Waals surface area (Å²) in [6.07, 6.45) is 2.33. The molecule has 1 aliphatic heterocycles. The standard InChI is InChI=1S/C21H30F2N2O3/c1-5-15-7-6-10-24(12-15)19(26)14-25(20(27)28-21(2,3)4)13-16-8-9-17(22)11-18(16)23/h8-9,11,15H,5-7,10,12-14H2,1-4H3. The van der Waals surface area contributed by atoms with Crippen molar-refractivity contribution >= 4 is 12.0 Å². The Morgan fingerprint density at radius 3 is 2.61 bits per heavy atom. The summed E-state index contributed by atoms with van der Waals surface area (Å²) in [6, 6.07) is 3.17. The first kappa shape index (κ1) is 22.1. The van der Waals surface area contributed by atoms with Gasteiger partial charge >= 0.3 is 6.09 Å². The van der Waals surface area contributed by atoms with Crippen LogP contribution in [0.15, 0.2) is 18.2 Å². The maximum atomic E-state index is 14.1. The molecule has 2 amide bonds. The van der Waals surface area contributed by atoms with E-state index in [0.717, 1.165) is 31.4 Å². The van der Waals surface area contributed by atoms with Crippen LogP contribution < -0.4 is 0 Å². The highest BCUT2D eigenvalue weighted by molar-refractivity contribution is 5.82. The lowest BCUT2D eigenvalue weighted by atomic mass is 9.95. The van der Waals surface area contributed by atoms with E-state index in [1.165, 1.54) is 11.0 Å². The van der Waals surface area contributed by atoms with Crippen LogP contribution in [-0.4, -0.2) is 47.0 Å². The summed E-state index contributed by atoms with van der Waals surface area (Å²) in [7, 11) is 0. The minimum absolute atomic E-state index is 0.130. The molecule has 0 N–H and O–H groups in total. The van der Waals surface area contributed by atoms with E-state index in [1.807, 2.05) is 0 Å². The molecule has 0 aliphatic carbocycles.